The van der Waals surface area contributed by atoms with Crippen molar-refractivity contribution in [1.29, 1.82) is 0 Å². The molecule has 0 aliphatic carbocycles. The van der Waals surface area contributed by atoms with E-state index in [0.717, 1.165) is 31.7 Å². The third-order valence-corrected chi connectivity index (χ3v) is 4.17. The molecule has 1 aromatic rings. The summed E-state index contributed by atoms with van der Waals surface area (Å²) in [5.74, 6) is 0.863. The van der Waals surface area contributed by atoms with Gasteiger partial charge in [-0.2, -0.15) is 0 Å². The average Bonchev–Trinajstić information content (AvgIpc) is 2.53. The first-order chi connectivity index (χ1) is 10.1. The van der Waals surface area contributed by atoms with Crippen LogP contribution in [0.2, 0.25) is 0 Å². The van der Waals surface area contributed by atoms with Crippen molar-refractivity contribution in [3.05, 3.63) is 29.8 Å². The number of nitrogens with zero attached hydrogens (tertiary/aromatic N) is 1. The first-order valence-electron chi connectivity index (χ1n) is 7.77. The number of methoxy groups -OCH3 is 1. The predicted molar refractivity (Wildman–Crippen MR) is 83.8 cm³/mol. The summed E-state index contributed by atoms with van der Waals surface area (Å²) in [6.45, 7) is 6.86. The molecule has 0 spiro atoms. The second-order valence-corrected chi connectivity index (χ2v) is 5.95. The Bertz CT molecular complexity index is 419. The molecule has 4 nitrogen and oxygen atoms in total. The Kier molecular flexibility index (Phi) is 6.03. The zero-order valence-corrected chi connectivity index (χ0v) is 13.3. The van der Waals surface area contributed by atoms with E-state index in [1.807, 2.05) is 24.3 Å². The molecule has 1 saturated heterocycles. The third kappa shape index (κ3) is 4.70. The average molecular weight is 293 g/mol. The van der Waals surface area contributed by atoms with Crippen molar-refractivity contribution in [1.82, 2.24) is 4.90 Å². The van der Waals surface area contributed by atoms with Gasteiger partial charge < -0.3 is 14.6 Å². The summed E-state index contributed by atoms with van der Waals surface area (Å²) in [4.78, 5) is 2.37. The summed E-state index contributed by atoms with van der Waals surface area (Å²) in [5, 5.41) is 10.4. The largest absolute Gasteiger partial charge is 0.497 e. The number of rotatable bonds is 6. The van der Waals surface area contributed by atoms with Gasteiger partial charge in [0.2, 0.25) is 0 Å². The molecule has 0 radical (unpaired) electrons. The summed E-state index contributed by atoms with van der Waals surface area (Å²) in [6, 6.07) is 8.52. The van der Waals surface area contributed by atoms with Crippen LogP contribution in [-0.2, 0) is 11.2 Å². The molecule has 2 atom stereocenters. The van der Waals surface area contributed by atoms with Crippen LogP contribution in [-0.4, -0.2) is 55.1 Å². The number of hydrogen-bond donors (Lipinski definition) is 1. The standard InChI is InChI=1S/C17H27NO3/c1-13(2)18-10-11-21-17(12-18)16(19)9-6-14-4-7-15(20-3)8-5-14/h4-5,7-8,13,16-17,19H,6,9-12H2,1-3H3. The number of morpholine rings is 1. The highest BCUT2D eigenvalue weighted by molar-refractivity contribution is 5.27. The first-order valence-corrected chi connectivity index (χ1v) is 7.77. The van der Waals surface area contributed by atoms with Gasteiger partial charge in [-0.1, -0.05) is 12.1 Å². The fourth-order valence-corrected chi connectivity index (χ4v) is 2.69. The van der Waals surface area contributed by atoms with Crippen LogP contribution in [0, 0.1) is 0 Å². The highest BCUT2D eigenvalue weighted by Crippen LogP contribution is 2.17. The first kappa shape index (κ1) is 16.3. The van der Waals surface area contributed by atoms with Gasteiger partial charge in [0, 0.05) is 19.1 Å². The highest BCUT2D eigenvalue weighted by Gasteiger charge is 2.27. The molecule has 1 aliphatic heterocycles. The molecule has 2 rings (SSSR count). The van der Waals surface area contributed by atoms with Gasteiger partial charge in [-0.05, 0) is 44.4 Å². The smallest absolute Gasteiger partial charge is 0.118 e. The van der Waals surface area contributed by atoms with Crippen LogP contribution in [0.3, 0.4) is 0 Å². The van der Waals surface area contributed by atoms with Gasteiger partial charge in [0.1, 0.15) is 5.75 Å². The topological polar surface area (TPSA) is 41.9 Å². The van der Waals surface area contributed by atoms with Crippen LogP contribution >= 0.6 is 0 Å². The van der Waals surface area contributed by atoms with E-state index in [2.05, 4.69) is 18.7 Å². The van der Waals surface area contributed by atoms with E-state index < -0.39 is 6.10 Å². The lowest BCUT2D eigenvalue weighted by molar-refractivity contribution is -0.0962. The molecular formula is C17H27NO3. The van der Waals surface area contributed by atoms with E-state index >= 15 is 0 Å². The van der Waals surface area contributed by atoms with Crippen molar-refractivity contribution in [2.45, 2.75) is 44.9 Å². The fourth-order valence-electron chi connectivity index (χ4n) is 2.69. The van der Waals surface area contributed by atoms with Crippen LogP contribution in [0.15, 0.2) is 24.3 Å². The Morgan fingerprint density at radius 1 is 1.33 bits per heavy atom. The number of aliphatic hydroxyl groups excluding tert-OH is 1. The van der Waals surface area contributed by atoms with E-state index in [-0.39, 0.29) is 6.10 Å². The molecule has 1 heterocycles. The second-order valence-electron chi connectivity index (χ2n) is 5.95. The summed E-state index contributed by atoms with van der Waals surface area (Å²) in [6.07, 6.45) is 1.10. The minimum absolute atomic E-state index is 0.0700. The zero-order valence-electron chi connectivity index (χ0n) is 13.3. The maximum absolute atomic E-state index is 10.4. The van der Waals surface area contributed by atoms with Crippen LogP contribution in [0.1, 0.15) is 25.8 Å². The molecule has 0 amide bonds. The summed E-state index contributed by atoms with van der Waals surface area (Å²) in [5.41, 5.74) is 1.21. The van der Waals surface area contributed by atoms with Crippen LogP contribution in [0.5, 0.6) is 5.75 Å². The molecule has 2 unspecified atom stereocenters. The van der Waals surface area contributed by atoms with Gasteiger partial charge in [-0.15, -0.1) is 0 Å². The van der Waals surface area contributed by atoms with Gasteiger partial charge in [0.05, 0.1) is 25.9 Å². The van der Waals surface area contributed by atoms with Crippen molar-refractivity contribution in [3.8, 4) is 5.75 Å². The molecule has 0 saturated carbocycles. The van der Waals surface area contributed by atoms with Crippen LogP contribution in [0.4, 0.5) is 0 Å². The highest BCUT2D eigenvalue weighted by atomic mass is 16.5. The lowest BCUT2D eigenvalue weighted by Gasteiger charge is -2.37. The maximum atomic E-state index is 10.4. The van der Waals surface area contributed by atoms with E-state index in [4.69, 9.17) is 9.47 Å². The van der Waals surface area contributed by atoms with E-state index in [9.17, 15) is 5.11 Å². The van der Waals surface area contributed by atoms with Gasteiger partial charge >= 0.3 is 0 Å². The molecule has 1 fully saturated rings. The Labute approximate surface area is 127 Å². The number of ether oxygens (including phenoxy) is 2. The van der Waals surface area contributed by atoms with Crippen LogP contribution < -0.4 is 4.74 Å². The molecule has 1 aromatic carbocycles. The maximum Gasteiger partial charge on any atom is 0.118 e. The van der Waals surface area contributed by atoms with Crippen molar-refractivity contribution in [2.75, 3.05) is 26.8 Å². The van der Waals surface area contributed by atoms with Crippen molar-refractivity contribution in [3.63, 3.8) is 0 Å². The van der Waals surface area contributed by atoms with Gasteiger partial charge in [-0.25, -0.2) is 0 Å². The summed E-state index contributed by atoms with van der Waals surface area (Å²) in [7, 11) is 1.67. The minimum Gasteiger partial charge on any atom is -0.497 e. The monoisotopic (exact) mass is 293 g/mol. The summed E-state index contributed by atoms with van der Waals surface area (Å²) >= 11 is 0. The molecule has 21 heavy (non-hydrogen) atoms. The van der Waals surface area contributed by atoms with Gasteiger partial charge in [0.15, 0.2) is 0 Å². The number of hydrogen-bond acceptors (Lipinski definition) is 4. The van der Waals surface area contributed by atoms with Crippen molar-refractivity contribution in [2.24, 2.45) is 0 Å². The Hall–Kier alpha value is -1.10. The lowest BCUT2D eigenvalue weighted by atomic mass is 10.0. The minimum atomic E-state index is -0.409. The van der Waals surface area contributed by atoms with Gasteiger partial charge in [0.25, 0.3) is 0 Å². The van der Waals surface area contributed by atoms with Crippen molar-refractivity contribution < 1.29 is 14.6 Å². The fraction of sp³-hybridized carbons (Fsp3) is 0.647. The molecule has 0 aromatic heterocycles. The zero-order chi connectivity index (χ0) is 15.2. The Morgan fingerprint density at radius 3 is 2.67 bits per heavy atom. The lowest BCUT2D eigenvalue weighted by Crippen LogP contribution is -2.50. The quantitative estimate of drug-likeness (QED) is 0.872. The molecule has 4 heteroatoms. The second kappa shape index (κ2) is 7.78. The molecule has 1 aliphatic rings. The molecule has 118 valence electrons. The number of aryl methyl sites for hydroxylation is 1. The third-order valence-electron chi connectivity index (χ3n) is 4.17. The number of benzene rings is 1. The molecular weight excluding hydrogens is 266 g/mol. The number of aliphatic hydroxyl groups is 1. The Morgan fingerprint density at radius 2 is 2.05 bits per heavy atom. The normalized spacial score (nSPS) is 21.5. The Balaban J connectivity index is 1.81. The van der Waals surface area contributed by atoms with E-state index in [1.165, 1.54) is 5.56 Å². The predicted octanol–water partition coefficient (Wildman–Crippen LogP) is 2.10. The van der Waals surface area contributed by atoms with Crippen molar-refractivity contribution >= 4 is 0 Å². The molecule has 1 N–H and O–H groups in total. The van der Waals surface area contributed by atoms with Gasteiger partial charge in [-0.3, -0.25) is 4.90 Å². The SMILES string of the molecule is COc1ccc(CCC(O)C2CN(C(C)C)CCO2)cc1. The summed E-state index contributed by atoms with van der Waals surface area (Å²) < 4.78 is 10.9. The van der Waals surface area contributed by atoms with E-state index in [0.29, 0.717) is 12.6 Å². The molecule has 0 bridgehead atoms. The van der Waals surface area contributed by atoms with Crippen LogP contribution in [0.25, 0.3) is 0 Å². The van der Waals surface area contributed by atoms with E-state index in [1.54, 1.807) is 7.11 Å².